The van der Waals surface area contributed by atoms with E-state index in [2.05, 4.69) is 25.5 Å². The van der Waals surface area contributed by atoms with Crippen LogP contribution < -0.4 is 20.7 Å². The van der Waals surface area contributed by atoms with Crippen LogP contribution in [-0.4, -0.2) is 53.3 Å². The van der Waals surface area contributed by atoms with Crippen LogP contribution in [0.1, 0.15) is 0 Å². The minimum Gasteiger partial charge on any atom is -0.463 e. The fourth-order valence-corrected chi connectivity index (χ4v) is 2.97. The van der Waals surface area contributed by atoms with Crippen molar-refractivity contribution in [1.82, 2.24) is 20.2 Å². The molecule has 1 aliphatic heterocycles. The second-order valence-electron chi connectivity index (χ2n) is 6.40. The second kappa shape index (κ2) is 8.82. The molecule has 3 N–H and O–H groups in total. The predicted molar refractivity (Wildman–Crippen MR) is 107 cm³/mol. The average Bonchev–Trinajstić information content (AvgIpc) is 2.78. The van der Waals surface area contributed by atoms with Crippen molar-refractivity contribution in [1.29, 1.82) is 0 Å². The van der Waals surface area contributed by atoms with Gasteiger partial charge < -0.3 is 25.4 Å². The van der Waals surface area contributed by atoms with Gasteiger partial charge in [-0.25, -0.2) is 13.8 Å². The van der Waals surface area contributed by atoms with Crippen molar-refractivity contribution >= 4 is 23.4 Å². The average molecular weight is 415 g/mol. The van der Waals surface area contributed by atoms with Crippen LogP contribution in [0.3, 0.4) is 0 Å². The number of rotatable bonds is 6. The maximum atomic E-state index is 14.3. The van der Waals surface area contributed by atoms with Crippen molar-refractivity contribution in [2.24, 2.45) is 0 Å². The lowest BCUT2D eigenvalue weighted by Gasteiger charge is -2.26. The first-order chi connectivity index (χ1) is 14.6. The van der Waals surface area contributed by atoms with Gasteiger partial charge in [-0.1, -0.05) is 12.1 Å². The van der Waals surface area contributed by atoms with Gasteiger partial charge >= 0.3 is 0 Å². The van der Waals surface area contributed by atoms with Crippen LogP contribution in [0.25, 0.3) is 11.1 Å². The van der Waals surface area contributed by atoms with Crippen LogP contribution in [0, 0.1) is 5.82 Å². The Morgan fingerprint density at radius 2 is 1.93 bits per heavy atom. The third-order valence-corrected chi connectivity index (χ3v) is 4.48. The minimum atomic E-state index is -0.913. The van der Waals surface area contributed by atoms with E-state index in [-0.39, 0.29) is 17.5 Å². The molecule has 2 aromatic heterocycles. The number of morpholine rings is 1. The summed E-state index contributed by atoms with van der Waals surface area (Å²) in [6.45, 7) is 1.46. The summed E-state index contributed by atoms with van der Waals surface area (Å²) in [5.41, 5.74) is 7.24. The van der Waals surface area contributed by atoms with Crippen LogP contribution >= 0.6 is 0 Å². The lowest BCUT2D eigenvalue weighted by Crippen LogP contribution is -2.37. The molecule has 9 nitrogen and oxygen atoms in total. The first kappa shape index (κ1) is 19.7. The van der Waals surface area contributed by atoms with Gasteiger partial charge in [-0.3, -0.25) is 0 Å². The summed E-state index contributed by atoms with van der Waals surface area (Å²) in [7, 11) is 0. The smallest absolute Gasteiger partial charge is 0.228 e. The number of nitrogens with two attached hydrogens (primary N) is 1. The maximum absolute atomic E-state index is 14.3. The number of alkyl halides is 1. The maximum Gasteiger partial charge on any atom is 0.228 e. The van der Waals surface area contributed by atoms with Crippen LogP contribution in [0.15, 0.2) is 36.5 Å². The molecule has 11 heteroatoms. The minimum absolute atomic E-state index is 0.0248. The van der Waals surface area contributed by atoms with Crippen LogP contribution in [0.4, 0.5) is 32.2 Å². The van der Waals surface area contributed by atoms with Gasteiger partial charge in [-0.05, 0) is 23.8 Å². The lowest BCUT2D eigenvalue weighted by atomic mass is 10.1. The number of nitrogen functional groups attached to an aromatic ring is 1. The van der Waals surface area contributed by atoms with Gasteiger partial charge in [-0.2, -0.15) is 4.98 Å². The quantitative estimate of drug-likeness (QED) is 0.627. The Morgan fingerprint density at radius 1 is 1.17 bits per heavy atom. The molecule has 0 unspecified atom stereocenters. The van der Waals surface area contributed by atoms with Crippen molar-refractivity contribution < 1.29 is 18.3 Å². The van der Waals surface area contributed by atoms with Crippen LogP contribution in [0.2, 0.25) is 0 Å². The molecule has 0 amide bonds. The molecule has 4 rings (SSSR count). The van der Waals surface area contributed by atoms with Crippen molar-refractivity contribution in [3.63, 3.8) is 0 Å². The number of aromatic nitrogens is 4. The van der Waals surface area contributed by atoms with Gasteiger partial charge in [0.15, 0.2) is 23.3 Å². The van der Waals surface area contributed by atoms with Gasteiger partial charge in [0.05, 0.1) is 19.4 Å². The van der Waals surface area contributed by atoms with E-state index in [9.17, 15) is 8.78 Å². The molecule has 3 heterocycles. The zero-order chi connectivity index (χ0) is 20.9. The molecule has 156 valence electrons. The fraction of sp³-hybridized carbons (Fsp3) is 0.263. The molecule has 1 saturated heterocycles. The Bertz CT molecular complexity index is 1010. The van der Waals surface area contributed by atoms with Gasteiger partial charge in [0.25, 0.3) is 0 Å². The van der Waals surface area contributed by atoms with Gasteiger partial charge in [0, 0.05) is 18.7 Å². The van der Waals surface area contributed by atoms with Gasteiger partial charge in [-0.15, -0.1) is 10.2 Å². The predicted octanol–water partition coefficient (Wildman–Crippen LogP) is 2.54. The van der Waals surface area contributed by atoms with Crippen LogP contribution in [-0.2, 0) is 4.74 Å². The second-order valence-corrected chi connectivity index (χ2v) is 6.40. The summed E-state index contributed by atoms with van der Waals surface area (Å²) in [6.07, 6.45) is 1.11. The number of hydrogen-bond acceptors (Lipinski definition) is 9. The molecular formula is C19H19F2N7O2. The lowest BCUT2D eigenvalue weighted by molar-refractivity contribution is 0.122. The first-order valence-corrected chi connectivity index (χ1v) is 9.18. The van der Waals surface area contributed by atoms with Gasteiger partial charge in [0.2, 0.25) is 12.8 Å². The number of ether oxygens (including phenoxy) is 2. The van der Waals surface area contributed by atoms with E-state index in [0.717, 1.165) is 6.20 Å². The van der Waals surface area contributed by atoms with E-state index in [0.29, 0.717) is 49.1 Å². The SMILES string of the molecule is Nc1nnc(Nc2nc(N3CCOCC3)ncc2F)cc1-c1ccc(OCF)cc1. The molecule has 3 aromatic rings. The summed E-state index contributed by atoms with van der Waals surface area (Å²) < 4.78 is 36.7. The topological polar surface area (TPSA) is 111 Å². The largest absolute Gasteiger partial charge is 0.463 e. The molecular weight excluding hydrogens is 396 g/mol. The van der Waals surface area contributed by atoms with E-state index in [4.69, 9.17) is 15.2 Å². The third-order valence-electron chi connectivity index (χ3n) is 4.48. The van der Waals surface area contributed by atoms with E-state index >= 15 is 0 Å². The van der Waals surface area contributed by atoms with E-state index in [1.54, 1.807) is 30.3 Å². The third kappa shape index (κ3) is 4.35. The zero-order valence-electron chi connectivity index (χ0n) is 15.9. The molecule has 0 aliphatic carbocycles. The number of hydrogen-bond donors (Lipinski definition) is 2. The highest BCUT2D eigenvalue weighted by molar-refractivity contribution is 5.76. The molecule has 1 fully saturated rings. The number of nitrogens with zero attached hydrogens (tertiary/aromatic N) is 5. The molecule has 0 atom stereocenters. The van der Waals surface area contributed by atoms with Crippen molar-refractivity contribution in [2.75, 3.05) is 49.1 Å². The molecule has 1 aromatic carbocycles. The highest BCUT2D eigenvalue weighted by atomic mass is 19.1. The summed E-state index contributed by atoms with van der Waals surface area (Å²) >= 11 is 0. The fourth-order valence-electron chi connectivity index (χ4n) is 2.97. The number of benzene rings is 1. The van der Waals surface area contributed by atoms with Crippen molar-refractivity contribution in [3.05, 3.63) is 42.3 Å². The first-order valence-electron chi connectivity index (χ1n) is 9.18. The van der Waals surface area contributed by atoms with Crippen molar-refractivity contribution in [2.45, 2.75) is 0 Å². The summed E-state index contributed by atoms with van der Waals surface area (Å²) in [6, 6.07) is 8.28. The Labute approximate surface area is 170 Å². The van der Waals surface area contributed by atoms with E-state index in [1.807, 2.05) is 4.90 Å². The summed E-state index contributed by atoms with van der Waals surface area (Å²) in [4.78, 5) is 10.2. The molecule has 0 spiro atoms. The highest BCUT2D eigenvalue weighted by Crippen LogP contribution is 2.29. The number of halogens is 2. The Morgan fingerprint density at radius 3 is 2.67 bits per heavy atom. The van der Waals surface area contributed by atoms with Crippen molar-refractivity contribution in [3.8, 4) is 16.9 Å². The number of nitrogens with one attached hydrogen (secondary N) is 1. The highest BCUT2D eigenvalue weighted by Gasteiger charge is 2.17. The molecule has 30 heavy (non-hydrogen) atoms. The Kier molecular flexibility index (Phi) is 5.80. The molecule has 1 aliphatic rings. The van der Waals surface area contributed by atoms with E-state index < -0.39 is 12.7 Å². The molecule has 0 saturated carbocycles. The van der Waals surface area contributed by atoms with Gasteiger partial charge in [0.1, 0.15) is 5.75 Å². The normalized spacial score (nSPS) is 13.9. The van der Waals surface area contributed by atoms with E-state index in [1.165, 1.54) is 0 Å². The number of anilines is 4. The Hall–Kier alpha value is -3.60. The van der Waals surface area contributed by atoms with Crippen LogP contribution in [0.5, 0.6) is 5.75 Å². The molecule has 0 bridgehead atoms. The molecule has 0 radical (unpaired) electrons. The Balaban J connectivity index is 1.58. The summed E-state index contributed by atoms with van der Waals surface area (Å²) in [5, 5.41) is 10.7. The monoisotopic (exact) mass is 415 g/mol. The zero-order valence-corrected chi connectivity index (χ0v) is 15.9. The standard InChI is InChI=1S/C19H19F2N7O2/c20-11-30-13-3-1-12(2-4-13)14-9-16(26-27-17(14)22)24-18-15(21)10-23-19(25-18)28-5-7-29-8-6-28/h1-4,9-10H,5-8,11H2,(H2,22,27)(H,23,24,25,26). The summed E-state index contributed by atoms with van der Waals surface area (Å²) in [5.74, 6) is 0.585.